The van der Waals surface area contributed by atoms with Gasteiger partial charge in [-0.25, -0.2) is 0 Å². The van der Waals surface area contributed by atoms with E-state index < -0.39 is 0 Å². The molecule has 1 atom stereocenters. The van der Waals surface area contributed by atoms with Crippen molar-refractivity contribution in [3.05, 3.63) is 11.7 Å². The van der Waals surface area contributed by atoms with Crippen LogP contribution in [0.5, 0.6) is 0 Å². The van der Waals surface area contributed by atoms with Crippen molar-refractivity contribution >= 4 is 11.6 Å². The first kappa shape index (κ1) is 9.93. The molecule has 1 saturated heterocycles. The number of ether oxygens (including phenoxy) is 1. The van der Waals surface area contributed by atoms with Crippen LogP contribution in [0.2, 0.25) is 0 Å². The number of aromatic nitrogens is 2. The molecule has 0 aliphatic carbocycles. The first-order chi connectivity index (χ1) is 6.88. The van der Waals surface area contributed by atoms with Crippen molar-refractivity contribution < 1.29 is 9.26 Å². The second kappa shape index (κ2) is 4.75. The van der Waals surface area contributed by atoms with E-state index in [0.29, 0.717) is 18.2 Å². The average molecular weight is 217 g/mol. The molecule has 1 aromatic rings. The molecular formula is C9H13ClN2O2. The van der Waals surface area contributed by atoms with Crippen LogP contribution in [0.1, 0.15) is 24.6 Å². The third-order valence-corrected chi connectivity index (χ3v) is 2.44. The van der Waals surface area contributed by atoms with Gasteiger partial charge in [-0.2, -0.15) is 4.98 Å². The van der Waals surface area contributed by atoms with Gasteiger partial charge in [0.1, 0.15) is 0 Å². The largest absolute Gasteiger partial charge is 0.378 e. The molecule has 0 N–H and O–H groups in total. The topological polar surface area (TPSA) is 48.2 Å². The van der Waals surface area contributed by atoms with E-state index >= 15 is 0 Å². The van der Waals surface area contributed by atoms with E-state index in [1.165, 1.54) is 0 Å². The van der Waals surface area contributed by atoms with Crippen molar-refractivity contribution in [2.24, 2.45) is 0 Å². The highest BCUT2D eigenvalue weighted by atomic mass is 35.5. The number of halogens is 1. The fourth-order valence-electron chi connectivity index (χ4n) is 1.56. The van der Waals surface area contributed by atoms with Crippen molar-refractivity contribution in [1.82, 2.24) is 10.1 Å². The first-order valence-corrected chi connectivity index (χ1v) is 5.41. The summed E-state index contributed by atoms with van der Waals surface area (Å²) in [6, 6.07) is 0. The van der Waals surface area contributed by atoms with Crippen LogP contribution in [0.4, 0.5) is 0 Å². The monoisotopic (exact) mass is 216 g/mol. The second-order valence-electron chi connectivity index (χ2n) is 3.38. The van der Waals surface area contributed by atoms with E-state index in [-0.39, 0.29) is 6.10 Å². The van der Waals surface area contributed by atoms with Crippen LogP contribution in [0.3, 0.4) is 0 Å². The Hall–Kier alpha value is -0.610. The molecular weight excluding hydrogens is 204 g/mol. The number of alkyl halides is 1. The van der Waals surface area contributed by atoms with E-state index in [4.69, 9.17) is 20.9 Å². The summed E-state index contributed by atoms with van der Waals surface area (Å²) in [5.41, 5.74) is 0. The number of hydrogen-bond acceptors (Lipinski definition) is 4. The summed E-state index contributed by atoms with van der Waals surface area (Å²) >= 11 is 5.56. The van der Waals surface area contributed by atoms with E-state index in [9.17, 15) is 0 Å². The summed E-state index contributed by atoms with van der Waals surface area (Å²) in [5.74, 6) is 1.87. The van der Waals surface area contributed by atoms with Gasteiger partial charge < -0.3 is 9.26 Å². The van der Waals surface area contributed by atoms with Gasteiger partial charge in [-0.3, -0.25) is 0 Å². The second-order valence-corrected chi connectivity index (χ2v) is 3.76. The molecule has 1 aliphatic heterocycles. The van der Waals surface area contributed by atoms with Crippen LogP contribution >= 0.6 is 11.6 Å². The van der Waals surface area contributed by atoms with Gasteiger partial charge in [0, 0.05) is 25.3 Å². The molecule has 0 aromatic carbocycles. The predicted molar refractivity (Wildman–Crippen MR) is 51.4 cm³/mol. The molecule has 0 bridgehead atoms. The Morgan fingerprint density at radius 1 is 1.50 bits per heavy atom. The summed E-state index contributed by atoms with van der Waals surface area (Å²) in [7, 11) is 0. The van der Waals surface area contributed by atoms with Crippen molar-refractivity contribution in [3.63, 3.8) is 0 Å². The zero-order valence-electron chi connectivity index (χ0n) is 7.91. The molecule has 78 valence electrons. The highest BCUT2D eigenvalue weighted by Crippen LogP contribution is 2.15. The summed E-state index contributed by atoms with van der Waals surface area (Å²) < 4.78 is 10.5. The van der Waals surface area contributed by atoms with Gasteiger partial charge in [-0.05, 0) is 12.8 Å². The SMILES string of the molecule is ClCCc1nc(CC2CCCO2)no1. The van der Waals surface area contributed by atoms with Crippen LogP contribution < -0.4 is 0 Å². The minimum absolute atomic E-state index is 0.274. The molecule has 1 unspecified atom stereocenters. The highest BCUT2D eigenvalue weighted by Gasteiger charge is 2.18. The Labute approximate surface area is 87.6 Å². The van der Waals surface area contributed by atoms with Gasteiger partial charge in [0.25, 0.3) is 0 Å². The van der Waals surface area contributed by atoms with E-state index in [1.807, 2.05) is 0 Å². The summed E-state index contributed by atoms with van der Waals surface area (Å²) in [5, 5.41) is 3.87. The van der Waals surface area contributed by atoms with Crippen molar-refractivity contribution in [3.8, 4) is 0 Å². The maximum Gasteiger partial charge on any atom is 0.227 e. The van der Waals surface area contributed by atoms with Crippen molar-refractivity contribution in [2.45, 2.75) is 31.8 Å². The van der Waals surface area contributed by atoms with Gasteiger partial charge in [-0.1, -0.05) is 5.16 Å². The fraction of sp³-hybridized carbons (Fsp3) is 0.778. The lowest BCUT2D eigenvalue weighted by molar-refractivity contribution is 0.109. The molecule has 1 fully saturated rings. The number of rotatable bonds is 4. The Kier molecular flexibility index (Phi) is 3.37. The van der Waals surface area contributed by atoms with Gasteiger partial charge in [-0.15, -0.1) is 11.6 Å². The molecule has 14 heavy (non-hydrogen) atoms. The summed E-state index contributed by atoms with van der Waals surface area (Å²) in [4.78, 5) is 4.22. The van der Waals surface area contributed by atoms with Gasteiger partial charge in [0.2, 0.25) is 5.89 Å². The molecule has 5 heteroatoms. The minimum Gasteiger partial charge on any atom is -0.378 e. The Bertz CT molecular complexity index is 284. The van der Waals surface area contributed by atoms with E-state index in [1.54, 1.807) is 0 Å². The lowest BCUT2D eigenvalue weighted by Crippen LogP contribution is -2.09. The highest BCUT2D eigenvalue weighted by molar-refractivity contribution is 6.17. The predicted octanol–water partition coefficient (Wildman–Crippen LogP) is 1.57. The molecule has 2 heterocycles. The maximum atomic E-state index is 5.56. The maximum absolute atomic E-state index is 5.56. The minimum atomic E-state index is 0.274. The van der Waals surface area contributed by atoms with E-state index in [0.717, 1.165) is 31.7 Å². The molecule has 1 aromatic heterocycles. The van der Waals surface area contributed by atoms with Crippen LogP contribution in [0.15, 0.2) is 4.52 Å². The Balaban J connectivity index is 1.88. The lowest BCUT2D eigenvalue weighted by atomic mass is 10.2. The number of aryl methyl sites for hydroxylation is 1. The normalized spacial score (nSPS) is 21.6. The molecule has 0 radical (unpaired) electrons. The fourth-order valence-corrected chi connectivity index (χ4v) is 1.73. The standard InChI is InChI=1S/C9H13ClN2O2/c10-4-3-9-11-8(12-14-9)6-7-2-1-5-13-7/h7H,1-6H2. The number of nitrogens with zero attached hydrogens (tertiary/aromatic N) is 2. The summed E-state index contributed by atoms with van der Waals surface area (Å²) in [6.45, 7) is 0.858. The van der Waals surface area contributed by atoms with Gasteiger partial charge in [0.05, 0.1) is 6.10 Å². The molecule has 4 nitrogen and oxygen atoms in total. The van der Waals surface area contributed by atoms with Crippen LogP contribution in [-0.4, -0.2) is 28.7 Å². The molecule has 2 rings (SSSR count). The summed E-state index contributed by atoms with van der Waals surface area (Å²) in [6.07, 6.45) is 3.90. The zero-order chi connectivity index (χ0) is 9.80. The van der Waals surface area contributed by atoms with E-state index in [2.05, 4.69) is 10.1 Å². The third-order valence-electron chi connectivity index (χ3n) is 2.25. The van der Waals surface area contributed by atoms with Gasteiger partial charge in [0.15, 0.2) is 5.82 Å². The Morgan fingerprint density at radius 3 is 3.14 bits per heavy atom. The van der Waals surface area contributed by atoms with Crippen molar-refractivity contribution in [2.75, 3.05) is 12.5 Å². The zero-order valence-corrected chi connectivity index (χ0v) is 8.66. The van der Waals surface area contributed by atoms with Crippen molar-refractivity contribution in [1.29, 1.82) is 0 Å². The quantitative estimate of drug-likeness (QED) is 0.717. The molecule has 0 amide bonds. The smallest absolute Gasteiger partial charge is 0.227 e. The Morgan fingerprint density at radius 2 is 2.43 bits per heavy atom. The number of hydrogen-bond donors (Lipinski definition) is 0. The lowest BCUT2D eigenvalue weighted by Gasteiger charge is -2.03. The third kappa shape index (κ3) is 2.45. The molecule has 0 saturated carbocycles. The molecule has 0 spiro atoms. The van der Waals surface area contributed by atoms with Gasteiger partial charge >= 0.3 is 0 Å². The first-order valence-electron chi connectivity index (χ1n) is 4.87. The van der Waals surface area contributed by atoms with Crippen LogP contribution in [0.25, 0.3) is 0 Å². The molecule has 1 aliphatic rings. The van der Waals surface area contributed by atoms with Crippen LogP contribution in [-0.2, 0) is 17.6 Å². The van der Waals surface area contributed by atoms with Crippen LogP contribution in [0, 0.1) is 0 Å². The average Bonchev–Trinajstić information content (AvgIpc) is 2.79.